The van der Waals surface area contributed by atoms with Gasteiger partial charge in [-0.05, 0) is 31.9 Å². The fourth-order valence-corrected chi connectivity index (χ4v) is 3.72. The molecule has 9 heteroatoms. The second-order valence-electron chi connectivity index (χ2n) is 7.26. The number of amides is 1. The molecular formula is C20H24N6O3. The van der Waals surface area contributed by atoms with E-state index in [4.69, 9.17) is 0 Å². The summed E-state index contributed by atoms with van der Waals surface area (Å²) >= 11 is 0. The molecular weight excluding hydrogens is 372 g/mol. The van der Waals surface area contributed by atoms with Crippen molar-refractivity contribution < 1.29 is 4.79 Å². The van der Waals surface area contributed by atoms with Gasteiger partial charge in [0.15, 0.2) is 0 Å². The largest absolute Gasteiger partial charge is 0.346 e. The quantitative estimate of drug-likeness (QED) is 0.694. The van der Waals surface area contributed by atoms with E-state index < -0.39 is 0 Å². The number of benzene rings is 1. The van der Waals surface area contributed by atoms with Gasteiger partial charge in [0.05, 0.1) is 17.4 Å². The van der Waals surface area contributed by atoms with E-state index in [2.05, 4.69) is 15.1 Å². The van der Waals surface area contributed by atoms with Crippen LogP contribution in [0.1, 0.15) is 37.8 Å². The molecule has 9 nitrogen and oxygen atoms in total. The number of fused-ring (bicyclic) bond motifs is 2. The molecule has 4 rings (SSSR count). The Kier molecular flexibility index (Phi) is 5.28. The molecule has 152 valence electrons. The minimum absolute atomic E-state index is 0.121. The molecule has 0 fully saturated rings. The second-order valence-corrected chi connectivity index (χ2v) is 7.26. The molecule has 0 saturated heterocycles. The van der Waals surface area contributed by atoms with Gasteiger partial charge >= 0.3 is 5.69 Å². The maximum absolute atomic E-state index is 12.8. The SMILES string of the molecule is CCN(Cc1nc2ccccc2c(=O)[nH]1)C(=O)Cn1nc2n(c1=O)CCCCC2. The number of carbonyl (C=O) groups excluding carboxylic acids is 1. The number of hydrogen-bond acceptors (Lipinski definition) is 5. The molecule has 2 aromatic heterocycles. The van der Waals surface area contributed by atoms with Crippen molar-refractivity contribution >= 4 is 16.8 Å². The zero-order valence-corrected chi connectivity index (χ0v) is 16.4. The highest BCUT2D eigenvalue weighted by Crippen LogP contribution is 2.11. The normalized spacial score (nSPS) is 13.8. The lowest BCUT2D eigenvalue weighted by Gasteiger charge is -2.20. The Morgan fingerprint density at radius 1 is 1.21 bits per heavy atom. The number of aromatic nitrogens is 5. The van der Waals surface area contributed by atoms with Crippen molar-refractivity contribution in [1.82, 2.24) is 29.2 Å². The molecule has 0 saturated carbocycles. The number of carbonyl (C=O) groups is 1. The summed E-state index contributed by atoms with van der Waals surface area (Å²) in [6.07, 6.45) is 3.81. The Hall–Kier alpha value is -3.23. The van der Waals surface area contributed by atoms with Crippen LogP contribution in [0.3, 0.4) is 0 Å². The van der Waals surface area contributed by atoms with E-state index >= 15 is 0 Å². The van der Waals surface area contributed by atoms with Crippen LogP contribution in [0, 0.1) is 0 Å². The predicted molar refractivity (Wildman–Crippen MR) is 107 cm³/mol. The van der Waals surface area contributed by atoms with Gasteiger partial charge < -0.3 is 9.88 Å². The Balaban J connectivity index is 1.54. The molecule has 0 spiro atoms. The number of likely N-dealkylation sites (N-methyl/N-ethyl adjacent to an activating group) is 1. The number of H-pyrrole nitrogens is 1. The van der Waals surface area contributed by atoms with E-state index in [1.165, 1.54) is 4.68 Å². The molecule has 0 bridgehead atoms. The topological polar surface area (TPSA) is 106 Å². The van der Waals surface area contributed by atoms with E-state index in [1.54, 1.807) is 27.7 Å². The zero-order valence-electron chi connectivity index (χ0n) is 16.4. The van der Waals surface area contributed by atoms with Crippen LogP contribution in [0.4, 0.5) is 0 Å². The molecule has 3 heterocycles. The molecule has 1 amide bonds. The summed E-state index contributed by atoms with van der Waals surface area (Å²) in [7, 11) is 0. The second kappa shape index (κ2) is 8.02. The smallest absolute Gasteiger partial charge is 0.334 e. The first kappa shape index (κ1) is 19.1. The third kappa shape index (κ3) is 3.85. The van der Waals surface area contributed by atoms with Gasteiger partial charge in [0.25, 0.3) is 5.56 Å². The standard InChI is InChI=1S/C20H24N6O3/c1-2-24(12-16-21-15-9-6-5-8-14(15)19(28)22-16)18(27)13-26-20(29)25-11-7-3-4-10-17(25)23-26/h5-6,8-9H,2-4,7,10-13H2,1H3,(H,21,22,28). The van der Waals surface area contributed by atoms with Gasteiger partial charge in [-0.25, -0.2) is 14.5 Å². The maximum Gasteiger partial charge on any atom is 0.346 e. The lowest BCUT2D eigenvalue weighted by molar-refractivity contribution is -0.132. The van der Waals surface area contributed by atoms with Crippen LogP contribution in [-0.4, -0.2) is 41.7 Å². The Morgan fingerprint density at radius 3 is 2.86 bits per heavy atom. The number of aryl methyl sites for hydroxylation is 1. The van der Waals surface area contributed by atoms with Gasteiger partial charge in [-0.3, -0.25) is 14.2 Å². The highest BCUT2D eigenvalue weighted by atomic mass is 16.2. The van der Waals surface area contributed by atoms with E-state index in [9.17, 15) is 14.4 Å². The van der Waals surface area contributed by atoms with Crippen molar-refractivity contribution in [2.45, 2.75) is 52.2 Å². The highest BCUT2D eigenvalue weighted by Gasteiger charge is 2.20. The summed E-state index contributed by atoms with van der Waals surface area (Å²) in [6, 6.07) is 7.08. The fourth-order valence-electron chi connectivity index (χ4n) is 3.72. The van der Waals surface area contributed by atoms with Crippen molar-refractivity contribution in [1.29, 1.82) is 0 Å². The average molecular weight is 396 g/mol. The van der Waals surface area contributed by atoms with Crippen LogP contribution in [0.15, 0.2) is 33.9 Å². The van der Waals surface area contributed by atoms with Gasteiger partial charge in [-0.1, -0.05) is 18.6 Å². The first-order valence-electron chi connectivity index (χ1n) is 9.99. The monoisotopic (exact) mass is 396 g/mol. The summed E-state index contributed by atoms with van der Waals surface area (Å²) in [5.41, 5.74) is 0.121. The molecule has 0 atom stereocenters. The maximum atomic E-state index is 12.8. The first-order valence-corrected chi connectivity index (χ1v) is 9.99. The Labute approximate surface area is 167 Å². The molecule has 1 aliphatic rings. The van der Waals surface area contributed by atoms with Crippen LogP contribution in [-0.2, 0) is 30.8 Å². The van der Waals surface area contributed by atoms with Crippen molar-refractivity contribution in [2.75, 3.05) is 6.54 Å². The third-order valence-corrected chi connectivity index (χ3v) is 5.30. The fraction of sp³-hybridized carbons (Fsp3) is 0.450. The molecule has 0 unspecified atom stereocenters. The minimum atomic E-state index is -0.237. The number of hydrogen-bond donors (Lipinski definition) is 1. The van der Waals surface area contributed by atoms with Gasteiger partial charge in [0.2, 0.25) is 5.91 Å². The van der Waals surface area contributed by atoms with Crippen molar-refractivity contribution in [3.8, 4) is 0 Å². The number of rotatable bonds is 5. The summed E-state index contributed by atoms with van der Waals surface area (Å²) in [5.74, 6) is 0.930. The van der Waals surface area contributed by atoms with Gasteiger partial charge in [0.1, 0.15) is 18.2 Å². The van der Waals surface area contributed by atoms with E-state index in [0.29, 0.717) is 29.8 Å². The van der Waals surface area contributed by atoms with Crippen LogP contribution in [0.5, 0.6) is 0 Å². The van der Waals surface area contributed by atoms with E-state index in [-0.39, 0.29) is 30.2 Å². The number of nitrogens with one attached hydrogen (secondary N) is 1. The van der Waals surface area contributed by atoms with Crippen LogP contribution in [0.25, 0.3) is 10.9 Å². The van der Waals surface area contributed by atoms with Gasteiger partial charge in [-0.15, -0.1) is 0 Å². The van der Waals surface area contributed by atoms with E-state index in [1.807, 2.05) is 13.0 Å². The van der Waals surface area contributed by atoms with Crippen molar-refractivity contribution in [3.05, 3.63) is 56.8 Å². The summed E-state index contributed by atoms with van der Waals surface area (Å²) in [5, 5.41) is 4.89. The number of aromatic amines is 1. The summed E-state index contributed by atoms with van der Waals surface area (Å²) in [6.45, 7) is 2.98. The Bertz CT molecular complexity index is 1160. The third-order valence-electron chi connectivity index (χ3n) is 5.30. The zero-order chi connectivity index (χ0) is 20.4. The molecule has 1 N–H and O–H groups in total. The van der Waals surface area contributed by atoms with Gasteiger partial charge in [0, 0.05) is 19.5 Å². The number of para-hydroxylation sites is 1. The minimum Gasteiger partial charge on any atom is -0.334 e. The van der Waals surface area contributed by atoms with Crippen LogP contribution in [0.2, 0.25) is 0 Å². The Morgan fingerprint density at radius 2 is 2.03 bits per heavy atom. The number of nitrogens with zero attached hydrogens (tertiary/aromatic N) is 5. The molecule has 29 heavy (non-hydrogen) atoms. The van der Waals surface area contributed by atoms with Gasteiger partial charge in [-0.2, -0.15) is 5.10 Å². The molecule has 1 aliphatic heterocycles. The summed E-state index contributed by atoms with van der Waals surface area (Å²) < 4.78 is 2.93. The molecule has 0 aliphatic carbocycles. The lowest BCUT2D eigenvalue weighted by Crippen LogP contribution is -2.37. The van der Waals surface area contributed by atoms with Crippen LogP contribution < -0.4 is 11.2 Å². The lowest BCUT2D eigenvalue weighted by atomic mass is 10.2. The predicted octanol–water partition coefficient (Wildman–Crippen LogP) is 1.06. The van der Waals surface area contributed by atoms with Crippen molar-refractivity contribution in [2.24, 2.45) is 0 Å². The van der Waals surface area contributed by atoms with Crippen LogP contribution >= 0.6 is 0 Å². The average Bonchev–Trinajstić information content (AvgIpc) is 2.87. The van der Waals surface area contributed by atoms with Crippen molar-refractivity contribution in [3.63, 3.8) is 0 Å². The first-order chi connectivity index (χ1) is 14.1. The summed E-state index contributed by atoms with van der Waals surface area (Å²) in [4.78, 5) is 46.4. The highest BCUT2D eigenvalue weighted by molar-refractivity contribution is 5.77. The molecule has 0 radical (unpaired) electrons. The van der Waals surface area contributed by atoms with E-state index in [0.717, 1.165) is 31.5 Å². The molecule has 3 aromatic rings. The molecule has 1 aromatic carbocycles.